The van der Waals surface area contributed by atoms with E-state index in [1.807, 2.05) is 75.3 Å². The van der Waals surface area contributed by atoms with Crippen molar-refractivity contribution in [1.29, 1.82) is 0 Å². The molecule has 9 heteroatoms. The fraction of sp³-hybridized carbons (Fsp3) is 0.464. The second-order valence-corrected chi connectivity index (χ2v) is 11.3. The second kappa shape index (κ2) is 10.1. The highest BCUT2D eigenvalue weighted by Gasteiger charge is 2.37. The molecule has 0 saturated carbocycles. The summed E-state index contributed by atoms with van der Waals surface area (Å²) < 4.78 is 5.59. The lowest BCUT2D eigenvalue weighted by Crippen LogP contribution is -2.51. The number of halogens is 1. The average Bonchev–Trinajstić information content (AvgIpc) is 3.23. The van der Waals surface area contributed by atoms with Gasteiger partial charge in [0.15, 0.2) is 0 Å². The number of aliphatic hydroxyl groups excluding tert-OH is 1. The molecule has 5 rings (SSSR count). The Kier molecular flexibility index (Phi) is 7.00. The summed E-state index contributed by atoms with van der Waals surface area (Å²) in [7, 11) is 1.93. The van der Waals surface area contributed by atoms with Crippen molar-refractivity contribution in [3.63, 3.8) is 0 Å². The highest BCUT2D eigenvalue weighted by atomic mass is 35.5. The first-order chi connectivity index (χ1) is 17.6. The summed E-state index contributed by atoms with van der Waals surface area (Å²) in [5.41, 5.74) is 4.12. The molecule has 1 amide bonds. The van der Waals surface area contributed by atoms with E-state index in [2.05, 4.69) is 9.89 Å². The Bertz CT molecular complexity index is 1230. The van der Waals surface area contributed by atoms with E-state index in [1.165, 1.54) is 0 Å². The van der Waals surface area contributed by atoms with Crippen molar-refractivity contribution in [2.45, 2.75) is 44.6 Å². The van der Waals surface area contributed by atoms with Crippen LogP contribution in [0.5, 0.6) is 0 Å². The number of aliphatic imine (C=N–C) groups is 1. The summed E-state index contributed by atoms with van der Waals surface area (Å²) in [4.78, 5) is 27.9. The molecular formula is C28H34ClN5O3. The molecule has 1 N–H and O–H groups in total. The molecule has 3 aliphatic rings. The van der Waals surface area contributed by atoms with E-state index in [0.29, 0.717) is 37.7 Å². The predicted octanol–water partition coefficient (Wildman–Crippen LogP) is 3.93. The zero-order valence-electron chi connectivity index (χ0n) is 21.8. The van der Waals surface area contributed by atoms with Gasteiger partial charge in [-0.05, 0) is 67.3 Å². The third-order valence-electron chi connectivity index (χ3n) is 7.16. The van der Waals surface area contributed by atoms with Gasteiger partial charge in [0.1, 0.15) is 11.7 Å². The lowest BCUT2D eigenvalue weighted by molar-refractivity contribution is 0.0118. The lowest BCUT2D eigenvalue weighted by Gasteiger charge is -2.40. The Morgan fingerprint density at radius 3 is 2.62 bits per heavy atom. The van der Waals surface area contributed by atoms with Gasteiger partial charge in [0, 0.05) is 44.4 Å². The monoisotopic (exact) mass is 523 g/mol. The van der Waals surface area contributed by atoms with Crippen LogP contribution in [0.15, 0.2) is 41.5 Å². The topological polar surface area (TPSA) is 81.5 Å². The molecule has 37 heavy (non-hydrogen) atoms. The molecule has 2 aromatic rings. The van der Waals surface area contributed by atoms with E-state index in [0.717, 1.165) is 28.0 Å². The Balaban J connectivity index is 1.51. The van der Waals surface area contributed by atoms with Crippen LogP contribution < -0.4 is 0 Å². The maximum Gasteiger partial charge on any atom is 0.410 e. The van der Waals surface area contributed by atoms with E-state index in [-0.39, 0.29) is 18.2 Å². The number of hydrogen-bond donors (Lipinski definition) is 1. The van der Waals surface area contributed by atoms with Crippen molar-refractivity contribution < 1.29 is 14.6 Å². The minimum atomic E-state index is -0.763. The first-order valence-electron chi connectivity index (χ1n) is 12.7. The third-order valence-corrected chi connectivity index (χ3v) is 7.39. The molecule has 0 bridgehead atoms. The molecule has 3 heterocycles. The van der Waals surface area contributed by atoms with Crippen molar-refractivity contribution in [3.8, 4) is 0 Å². The largest absolute Gasteiger partial charge is 0.444 e. The number of aromatic nitrogens is 1. The highest BCUT2D eigenvalue weighted by molar-refractivity contribution is 6.30. The smallest absolute Gasteiger partial charge is 0.410 e. The number of nitrogens with zero attached hydrogens (tertiary/aromatic N) is 5. The van der Waals surface area contributed by atoms with Gasteiger partial charge >= 0.3 is 6.09 Å². The minimum Gasteiger partial charge on any atom is -0.444 e. The van der Waals surface area contributed by atoms with Crippen molar-refractivity contribution in [2.24, 2.45) is 4.99 Å². The number of ether oxygens (including phenoxy) is 1. The Labute approximate surface area is 223 Å². The first-order valence-corrected chi connectivity index (χ1v) is 13.1. The number of rotatable bonds is 3. The Morgan fingerprint density at radius 1 is 1.19 bits per heavy atom. The normalized spacial score (nSPS) is 22.7. The van der Waals surface area contributed by atoms with Gasteiger partial charge in [0.25, 0.3) is 0 Å². The fourth-order valence-electron chi connectivity index (χ4n) is 5.32. The minimum absolute atomic E-state index is 0.150. The van der Waals surface area contributed by atoms with E-state index >= 15 is 0 Å². The zero-order valence-corrected chi connectivity index (χ0v) is 22.5. The third kappa shape index (κ3) is 5.23. The molecule has 0 spiro atoms. The fourth-order valence-corrected chi connectivity index (χ4v) is 5.49. The quantitative estimate of drug-likeness (QED) is 0.656. The summed E-state index contributed by atoms with van der Waals surface area (Å²) in [6, 6.07) is 9.54. The number of aliphatic hydroxyl groups is 1. The van der Waals surface area contributed by atoms with Crippen molar-refractivity contribution in [2.75, 3.05) is 39.8 Å². The van der Waals surface area contributed by atoms with Crippen LogP contribution in [0.25, 0.3) is 11.6 Å². The molecule has 1 saturated heterocycles. The standard InChI is InChI=1S/C28H34ClN5O3/c1-28(2,3)37-27(36)34-12-10-33(11-13-34)25-20-8-7-19(29)15-21(20)22(14-18-6-5-9-31-24(18)25)26(35)23-16-30-17-32(23)4/h5-9,14-15,17,23,25-26,35H,10-13,16H2,1-4H3/t23?,25-,26?/m0/s1. The van der Waals surface area contributed by atoms with Crippen LogP contribution in [0.1, 0.15) is 49.2 Å². The average molecular weight is 524 g/mol. The van der Waals surface area contributed by atoms with E-state index < -0.39 is 11.7 Å². The van der Waals surface area contributed by atoms with Gasteiger partial charge in [0.05, 0.1) is 30.7 Å². The van der Waals surface area contributed by atoms with Crippen molar-refractivity contribution in [1.82, 2.24) is 19.7 Å². The van der Waals surface area contributed by atoms with Crippen LogP contribution in [0.2, 0.25) is 5.02 Å². The van der Waals surface area contributed by atoms with E-state index in [9.17, 15) is 9.90 Å². The number of likely N-dealkylation sites (N-methyl/N-ethyl adjacent to an activating group) is 1. The second-order valence-electron chi connectivity index (χ2n) is 10.9. The summed E-state index contributed by atoms with van der Waals surface area (Å²) in [6.45, 7) is 8.62. The molecule has 3 atom stereocenters. The predicted molar refractivity (Wildman–Crippen MR) is 146 cm³/mol. The molecule has 1 aliphatic carbocycles. The molecule has 1 aromatic heterocycles. The molecular weight excluding hydrogens is 490 g/mol. The van der Waals surface area contributed by atoms with Crippen LogP contribution in [0.3, 0.4) is 0 Å². The maximum absolute atomic E-state index is 12.7. The van der Waals surface area contributed by atoms with Gasteiger partial charge < -0.3 is 19.6 Å². The summed E-state index contributed by atoms with van der Waals surface area (Å²) in [5.74, 6) is 0. The Hall–Kier alpha value is -2.94. The number of hydrogen-bond acceptors (Lipinski definition) is 7. The summed E-state index contributed by atoms with van der Waals surface area (Å²) in [5, 5.41) is 12.2. The zero-order chi connectivity index (χ0) is 26.3. The highest BCUT2D eigenvalue weighted by Crippen LogP contribution is 2.42. The van der Waals surface area contributed by atoms with Gasteiger partial charge in [0.2, 0.25) is 0 Å². The number of pyridine rings is 1. The maximum atomic E-state index is 12.7. The number of benzene rings is 1. The van der Waals surface area contributed by atoms with Gasteiger partial charge in [-0.1, -0.05) is 23.7 Å². The van der Waals surface area contributed by atoms with Crippen LogP contribution in [-0.4, -0.2) is 94.7 Å². The van der Waals surface area contributed by atoms with Crippen molar-refractivity contribution >= 4 is 35.7 Å². The van der Waals surface area contributed by atoms with Gasteiger partial charge in [-0.25, -0.2) is 4.79 Å². The van der Waals surface area contributed by atoms with E-state index in [4.69, 9.17) is 21.3 Å². The van der Waals surface area contributed by atoms with E-state index in [1.54, 1.807) is 11.2 Å². The van der Waals surface area contributed by atoms with Crippen LogP contribution in [0, 0.1) is 0 Å². The molecule has 1 aromatic carbocycles. The molecule has 2 aliphatic heterocycles. The molecule has 196 valence electrons. The van der Waals surface area contributed by atoms with Crippen LogP contribution in [0.4, 0.5) is 4.79 Å². The molecule has 8 nitrogen and oxygen atoms in total. The SMILES string of the molecule is CN1C=NCC1C(O)C1=Cc2cccnc2[C@@H](N2CCN(C(=O)OC(C)(C)C)CC2)c2ccc(Cl)cc21. The van der Waals surface area contributed by atoms with Gasteiger partial charge in [-0.3, -0.25) is 14.9 Å². The Morgan fingerprint density at radius 2 is 1.95 bits per heavy atom. The number of amides is 1. The van der Waals surface area contributed by atoms with Crippen LogP contribution >= 0.6 is 11.6 Å². The van der Waals surface area contributed by atoms with Gasteiger partial charge in [-0.2, -0.15) is 0 Å². The number of carbonyl (C=O) groups excluding carboxylic acids is 1. The van der Waals surface area contributed by atoms with Crippen LogP contribution in [-0.2, 0) is 4.74 Å². The first kappa shape index (κ1) is 25.7. The summed E-state index contributed by atoms with van der Waals surface area (Å²) >= 11 is 6.51. The molecule has 1 fully saturated rings. The van der Waals surface area contributed by atoms with Crippen molar-refractivity contribution in [3.05, 3.63) is 63.9 Å². The molecule has 0 radical (unpaired) electrons. The lowest BCUT2D eigenvalue weighted by atomic mass is 9.89. The number of carbonyl (C=O) groups is 1. The van der Waals surface area contributed by atoms with Gasteiger partial charge in [-0.15, -0.1) is 0 Å². The number of piperazine rings is 1. The molecule has 2 unspecified atom stereocenters. The summed E-state index contributed by atoms with van der Waals surface area (Å²) in [6.07, 6.45) is 4.58. The number of fused-ring (bicyclic) bond motifs is 2.